The molecule has 118 valence electrons. The number of unbranched alkanes of at least 4 members (excludes halogenated alkanes) is 1. The summed E-state index contributed by atoms with van der Waals surface area (Å²) in [5.41, 5.74) is 0. The van der Waals surface area contributed by atoms with E-state index in [0.29, 0.717) is 19.4 Å². The molecular formula is C14H28N2O3S. The van der Waals surface area contributed by atoms with Crippen LogP contribution in [0.4, 0.5) is 0 Å². The molecule has 5 nitrogen and oxygen atoms in total. The number of carbonyl (C=O) groups excluding carboxylic acids is 1. The Morgan fingerprint density at radius 2 is 2.00 bits per heavy atom. The summed E-state index contributed by atoms with van der Waals surface area (Å²) in [5.74, 6) is 0.587. The Hall–Kier alpha value is -0.750. The molecule has 0 fully saturated rings. The fourth-order valence-electron chi connectivity index (χ4n) is 1.70. The molecule has 0 saturated heterocycles. The zero-order valence-corrected chi connectivity index (χ0v) is 13.7. The normalized spacial score (nSPS) is 12.4. The lowest BCUT2D eigenvalue weighted by atomic mass is 10.2. The van der Waals surface area contributed by atoms with Crippen molar-refractivity contribution in [2.75, 3.05) is 31.6 Å². The zero-order valence-electron chi connectivity index (χ0n) is 12.9. The highest BCUT2D eigenvalue weighted by Gasteiger charge is 2.19. The number of amides is 1. The van der Waals surface area contributed by atoms with Gasteiger partial charge in [-0.05, 0) is 37.9 Å². The molecule has 1 amide bonds. The molecule has 0 saturated carbocycles. The number of rotatable bonds is 12. The van der Waals surface area contributed by atoms with Crippen molar-refractivity contribution in [3.05, 3.63) is 0 Å². The molecule has 2 N–H and O–H groups in total. The fourth-order valence-corrected chi connectivity index (χ4v) is 2.39. The van der Waals surface area contributed by atoms with Gasteiger partial charge in [-0.3, -0.25) is 4.79 Å². The van der Waals surface area contributed by atoms with E-state index < -0.39 is 12.0 Å². The number of hydrogen-bond acceptors (Lipinski definition) is 4. The number of aliphatic carboxylic acids is 1. The van der Waals surface area contributed by atoms with Gasteiger partial charge in [-0.2, -0.15) is 11.8 Å². The Balaban J connectivity index is 3.97. The predicted octanol–water partition coefficient (Wildman–Crippen LogP) is 1.82. The third-order valence-corrected chi connectivity index (χ3v) is 3.93. The third kappa shape index (κ3) is 10.1. The van der Waals surface area contributed by atoms with Crippen molar-refractivity contribution in [3.63, 3.8) is 0 Å². The molecule has 0 radical (unpaired) electrons. The second-order valence-corrected chi connectivity index (χ2v) is 6.24. The first-order chi connectivity index (χ1) is 9.51. The van der Waals surface area contributed by atoms with E-state index in [2.05, 4.69) is 17.1 Å². The summed E-state index contributed by atoms with van der Waals surface area (Å²) >= 11 is 1.69. The number of carboxylic acid groups (broad SMARTS) is 1. The minimum atomic E-state index is -0.950. The maximum Gasteiger partial charge on any atom is 0.326 e. The van der Waals surface area contributed by atoms with Crippen molar-refractivity contribution >= 4 is 23.6 Å². The van der Waals surface area contributed by atoms with Gasteiger partial charge in [0.25, 0.3) is 0 Å². The van der Waals surface area contributed by atoms with E-state index in [4.69, 9.17) is 5.11 Å². The average Bonchev–Trinajstić information content (AvgIpc) is 2.41. The molecule has 0 rings (SSSR count). The minimum Gasteiger partial charge on any atom is -0.480 e. The summed E-state index contributed by atoms with van der Waals surface area (Å²) in [7, 11) is 1.98. The fraction of sp³-hybridized carbons (Fsp3) is 0.857. The molecule has 20 heavy (non-hydrogen) atoms. The highest BCUT2D eigenvalue weighted by atomic mass is 32.2. The van der Waals surface area contributed by atoms with Crippen molar-refractivity contribution in [1.82, 2.24) is 10.2 Å². The van der Waals surface area contributed by atoms with Crippen LogP contribution in [0.15, 0.2) is 0 Å². The third-order valence-electron chi connectivity index (χ3n) is 3.00. The van der Waals surface area contributed by atoms with Crippen LogP contribution in [0.3, 0.4) is 0 Å². The van der Waals surface area contributed by atoms with Crippen molar-refractivity contribution in [1.29, 1.82) is 0 Å². The van der Waals surface area contributed by atoms with Crippen LogP contribution >= 0.6 is 11.8 Å². The molecule has 1 atom stereocenters. The molecule has 0 aliphatic heterocycles. The largest absolute Gasteiger partial charge is 0.480 e. The summed E-state index contributed by atoms with van der Waals surface area (Å²) in [6.45, 7) is 5.80. The Morgan fingerprint density at radius 3 is 2.55 bits per heavy atom. The second kappa shape index (κ2) is 12.0. The van der Waals surface area contributed by atoms with Crippen LogP contribution in [-0.2, 0) is 9.59 Å². The molecule has 6 heteroatoms. The molecular weight excluding hydrogens is 276 g/mol. The van der Waals surface area contributed by atoms with Gasteiger partial charge in [0, 0.05) is 13.0 Å². The molecule has 0 aliphatic rings. The maximum atomic E-state index is 11.8. The highest BCUT2D eigenvalue weighted by molar-refractivity contribution is 7.99. The van der Waals surface area contributed by atoms with E-state index in [9.17, 15) is 9.59 Å². The van der Waals surface area contributed by atoms with E-state index in [1.54, 1.807) is 11.8 Å². The number of hydrogen-bond donors (Lipinski definition) is 2. The smallest absolute Gasteiger partial charge is 0.326 e. The van der Waals surface area contributed by atoms with Crippen molar-refractivity contribution in [2.45, 2.75) is 45.6 Å². The Kier molecular flexibility index (Phi) is 11.6. The summed E-state index contributed by atoms with van der Waals surface area (Å²) in [6, 6.07) is -0.762. The molecule has 0 spiro atoms. The van der Waals surface area contributed by atoms with Crippen LogP contribution in [0.1, 0.15) is 39.5 Å². The van der Waals surface area contributed by atoms with E-state index in [1.165, 1.54) is 0 Å². The average molecular weight is 304 g/mol. The van der Waals surface area contributed by atoms with E-state index in [0.717, 1.165) is 30.9 Å². The number of nitrogens with zero attached hydrogens (tertiary/aromatic N) is 1. The highest BCUT2D eigenvalue weighted by Crippen LogP contribution is 2.05. The monoisotopic (exact) mass is 304 g/mol. The van der Waals surface area contributed by atoms with Crippen LogP contribution < -0.4 is 5.32 Å². The van der Waals surface area contributed by atoms with E-state index >= 15 is 0 Å². The van der Waals surface area contributed by atoms with Gasteiger partial charge in [0.05, 0.1) is 0 Å². The molecule has 0 heterocycles. The molecule has 0 aromatic rings. The number of thioether (sulfide) groups is 1. The van der Waals surface area contributed by atoms with Crippen LogP contribution in [0.2, 0.25) is 0 Å². The SMILES string of the molecule is CCCCN(C)CCC(=O)NC(CCSCC)C(=O)O. The van der Waals surface area contributed by atoms with Gasteiger partial charge in [-0.15, -0.1) is 0 Å². The molecule has 0 aromatic heterocycles. The zero-order chi connectivity index (χ0) is 15.4. The summed E-state index contributed by atoms with van der Waals surface area (Å²) in [6.07, 6.45) is 3.08. The van der Waals surface area contributed by atoms with Gasteiger partial charge in [-0.25, -0.2) is 4.79 Å². The maximum absolute atomic E-state index is 11.8. The summed E-state index contributed by atoms with van der Waals surface area (Å²) in [4.78, 5) is 24.9. The van der Waals surface area contributed by atoms with Gasteiger partial charge in [0.2, 0.25) is 5.91 Å². The summed E-state index contributed by atoms with van der Waals surface area (Å²) < 4.78 is 0. The molecule has 0 aromatic carbocycles. The lowest BCUT2D eigenvalue weighted by Crippen LogP contribution is -2.42. The predicted molar refractivity (Wildman–Crippen MR) is 84.2 cm³/mol. The van der Waals surface area contributed by atoms with Crippen molar-refractivity contribution in [3.8, 4) is 0 Å². The Labute approximate surface area is 126 Å². The van der Waals surface area contributed by atoms with Gasteiger partial charge in [0.1, 0.15) is 6.04 Å². The second-order valence-electron chi connectivity index (χ2n) is 4.85. The van der Waals surface area contributed by atoms with Crippen LogP contribution in [-0.4, -0.2) is 59.6 Å². The van der Waals surface area contributed by atoms with Gasteiger partial charge >= 0.3 is 5.97 Å². The first-order valence-corrected chi connectivity index (χ1v) is 8.45. The number of carbonyl (C=O) groups is 2. The van der Waals surface area contributed by atoms with Crippen molar-refractivity contribution in [2.24, 2.45) is 0 Å². The standard InChI is InChI=1S/C14H28N2O3S/c1-4-6-9-16(3)10-7-13(17)15-12(14(18)19)8-11-20-5-2/h12H,4-11H2,1-3H3,(H,15,17)(H,18,19). The molecule has 0 bridgehead atoms. The Morgan fingerprint density at radius 1 is 1.30 bits per heavy atom. The van der Waals surface area contributed by atoms with Gasteiger partial charge in [-0.1, -0.05) is 20.3 Å². The molecule has 0 aliphatic carbocycles. The van der Waals surface area contributed by atoms with Crippen LogP contribution in [0.25, 0.3) is 0 Å². The minimum absolute atomic E-state index is 0.178. The van der Waals surface area contributed by atoms with Crippen molar-refractivity contribution < 1.29 is 14.7 Å². The Bertz CT molecular complexity index is 288. The lowest BCUT2D eigenvalue weighted by molar-refractivity contribution is -0.141. The van der Waals surface area contributed by atoms with Gasteiger partial charge in [0.15, 0.2) is 0 Å². The summed E-state index contributed by atoms with van der Waals surface area (Å²) in [5, 5.41) is 11.7. The molecule has 1 unspecified atom stereocenters. The van der Waals surface area contributed by atoms with E-state index in [-0.39, 0.29) is 5.91 Å². The number of nitrogens with one attached hydrogen (secondary N) is 1. The number of carboxylic acids is 1. The van der Waals surface area contributed by atoms with E-state index in [1.807, 2.05) is 14.0 Å². The first kappa shape index (κ1) is 19.2. The quantitative estimate of drug-likeness (QED) is 0.538. The lowest BCUT2D eigenvalue weighted by Gasteiger charge is -2.17. The van der Waals surface area contributed by atoms with Crippen LogP contribution in [0.5, 0.6) is 0 Å². The topological polar surface area (TPSA) is 69.6 Å². The first-order valence-electron chi connectivity index (χ1n) is 7.29. The van der Waals surface area contributed by atoms with Crippen LogP contribution in [0, 0.1) is 0 Å². The van der Waals surface area contributed by atoms with Gasteiger partial charge < -0.3 is 15.3 Å².